The van der Waals surface area contributed by atoms with Gasteiger partial charge in [-0.3, -0.25) is 4.79 Å². The van der Waals surface area contributed by atoms with Gasteiger partial charge in [0, 0.05) is 24.5 Å². The molecule has 1 N–H and O–H groups in total. The molecule has 0 saturated carbocycles. The minimum Gasteiger partial charge on any atom is -0.371 e. The number of carbonyl (C=O) groups excluding carboxylic acids is 1. The summed E-state index contributed by atoms with van der Waals surface area (Å²) in [4.78, 5) is 15.2. The molecule has 0 bridgehead atoms. The van der Waals surface area contributed by atoms with Crippen molar-refractivity contribution in [2.45, 2.75) is 26.8 Å². The first-order chi connectivity index (χ1) is 14.0. The number of hydrogen-bond acceptors (Lipinski definition) is 3. The second kappa shape index (κ2) is 8.29. The number of hydrogen-bond donors (Lipinski definition) is 1. The fraction of sp³-hybridized carbons (Fsp3) is 0.304. The third kappa shape index (κ3) is 4.30. The van der Waals surface area contributed by atoms with E-state index in [4.69, 9.17) is 11.6 Å². The molecule has 0 spiro atoms. The van der Waals surface area contributed by atoms with Crippen molar-refractivity contribution in [3.05, 3.63) is 76.6 Å². The van der Waals surface area contributed by atoms with Crippen LogP contribution in [-0.4, -0.2) is 28.8 Å². The fourth-order valence-electron chi connectivity index (χ4n) is 3.79. The van der Waals surface area contributed by atoms with Gasteiger partial charge in [-0.15, -0.1) is 0 Å². The van der Waals surface area contributed by atoms with Gasteiger partial charge in [0.1, 0.15) is 5.15 Å². The van der Waals surface area contributed by atoms with Crippen LogP contribution in [0.1, 0.15) is 35.0 Å². The number of nitrogens with one attached hydrogen (secondary N) is 1. The van der Waals surface area contributed by atoms with Crippen molar-refractivity contribution < 1.29 is 4.79 Å². The first-order valence-corrected chi connectivity index (χ1v) is 10.3. The van der Waals surface area contributed by atoms with Crippen LogP contribution in [-0.2, 0) is 6.54 Å². The largest absolute Gasteiger partial charge is 0.371 e. The summed E-state index contributed by atoms with van der Waals surface area (Å²) in [5.41, 5.74) is 4.05. The Morgan fingerprint density at radius 2 is 1.90 bits per heavy atom. The van der Waals surface area contributed by atoms with Gasteiger partial charge in [0.2, 0.25) is 0 Å². The average Bonchev–Trinajstić information content (AvgIpc) is 3.26. The lowest BCUT2D eigenvalue weighted by molar-refractivity contribution is 0.102. The first-order valence-electron chi connectivity index (χ1n) is 9.94. The molecule has 0 radical (unpaired) electrons. The minimum atomic E-state index is -0.241. The number of anilines is 2. The molecule has 1 aliphatic heterocycles. The molecule has 5 nitrogen and oxygen atoms in total. The van der Waals surface area contributed by atoms with Crippen molar-refractivity contribution in [2.75, 3.05) is 23.3 Å². The molecule has 1 aromatic heterocycles. The van der Waals surface area contributed by atoms with Crippen molar-refractivity contribution >= 4 is 28.9 Å². The highest BCUT2D eigenvalue weighted by Gasteiger charge is 2.21. The van der Waals surface area contributed by atoms with E-state index in [2.05, 4.69) is 34.4 Å². The van der Waals surface area contributed by atoms with Crippen LogP contribution < -0.4 is 10.2 Å². The quantitative estimate of drug-likeness (QED) is 0.646. The molecule has 2 heterocycles. The smallest absolute Gasteiger partial charge is 0.260 e. The van der Waals surface area contributed by atoms with E-state index in [1.165, 1.54) is 12.1 Å². The van der Waals surface area contributed by atoms with E-state index in [-0.39, 0.29) is 5.91 Å². The number of halogens is 1. The van der Waals surface area contributed by atoms with E-state index >= 15 is 0 Å². The number of benzene rings is 2. The molecule has 4 rings (SSSR count). The van der Waals surface area contributed by atoms with Crippen LogP contribution in [0.3, 0.4) is 0 Å². The molecule has 1 aliphatic rings. The normalized spacial score (nSPS) is 16.2. The lowest BCUT2D eigenvalue weighted by Crippen LogP contribution is -2.19. The van der Waals surface area contributed by atoms with Crippen LogP contribution in [0, 0.1) is 12.8 Å². The van der Waals surface area contributed by atoms with Gasteiger partial charge in [0.05, 0.1) is 17.8 Å². The topological polar surface area (TPSA) is 50.2 Å². The van der Waals surface area contributed by atoms with Gasteiger partial charge in [-0.2, -0.15) is 5.10 Å². The highest BCUT2D eigenvalue weighted by atomic mass is 35.5. The maximum Gasteiger partial charge on any atom is 0.260 e. The van der Waals surface area contributed by atoms with Gasteiger partial charge in [-0.1, -0.05) is 48.9 Å². The first kappa shape index (κ1) is 19.5. The van der Waals surface area contributed by atoms with Gasteiger partial charge >= 0.3 is 0 Å². The van der Waals surface area contributed by atoms with Gasteiger partial charge in [0.25, 0.3) is 5.91 Å². The Bertz CT molecular complexity index is 998. The summed E-state index contributed by atoms with van der Waals surface area (Å²) < 4.78 is 1.67. The van der Waals surface area contributed by atoms with Gasteiger partial charge < -0.3 is 10.2 Å². The van der Waals surface area contributed by atoms with Crippen LogP contribution in [0.5, 0.6) is 0 Å². The molecule has 1 unspecified atom stereocenters. The zero-order chi connectivity index (χ0) is 20.4. The van der Waals surface area contributed by atoms with Crippen LogP contribution in [0.25, 0.3) is 0 Å². The summed E-state index contributed by atoms with van der Waals surface area (Å²) >= 11 is 6.50. The standard InChI is InChI=1S/C23H25ClN4O/c1-16-12-13-27(14-16)20-10-8-19(9-11-20)25-23(29)21-17(2)26-28(22(21)24)15-18-6-4-3-5-7-18/h3-11,16H,12-15H2,1-2H3,(H,25,29). The summed E-state index contributed by atoms with van der Waals surface area (Å²) in [7, 11) is 0. The maximum absolute atomic E-state index is 12.8. The lowest BCUT2D eigenvalue weighted by atomic mass is 10.2. The number of aryl methyl sites for hydroxylation is 1. The fourth-order valence-corrected chi connectivity index (χ4v) is 4.11. The highest BCUT2D eigenvalue weighted by Crippen LogP contribution is 2.26. The Hall–Kier alpha value is -2.79. The van der Waals surface area contributed by atoms with E-state index in [0.29, 0.717) is 23.0 Å². The maximum atomic E-state index is 12.8. The summed E-state index contributed by atoms with van der Waals surface area (Å²) in [6.07, 6.45) is 1.23. The molecule has 0 aliphatic carbocycles. The van der Waals surface area contributed by atoms with E-state index in [9.17, 15) is 4.79 Å². The molecule has 3 aromatic rings. The minimum absolute atomic E-state index is 0.241. The van der Waals surface area contributed by atoms with Crippen molar-refractivity contribution in [2.24, 2.45) is 5.92 Å². The Morgan fingerprint density at radius 3 is 2.55 bits per heavy atom. The van der Waals surface area contributed by atoms with Gasteiger partial charge in [-0.05, 0) is 49.1 Å². The molecule has 1 amide bonds. The Balaban J connectivity index is 1.47. The van der Waals surface area contributed by atoms with Gasteiger partial charge in [0.15, 0.2) is 0 Å². The number of rotatable bonds is 5. The number of nitrogens with zero attached hydrogens (tertiary/aromatic N) is 3. The summed E-state index contributed by atoms with van der Waals surface area (Å²) in [6, 6.07) is 17.9. The monoisotopic (exact) mass is 408 g/mol. The van der Waals surface area contributed by atoms with Crippen molar-refractivity contribution in [3.63, 3.8) is 0 Å². The predicted octanol–water partition coefficient (Wildman–Crippen LogP) is 4.99. The zero-order valence-corrected chi connectivity index (χ0v) is 17.5. The summed E-state index contributed by atoms with van der Waals surface area (Å²) in [5, 5.41) is 7.76. The van der Waals surface area contributed by atoms with E-state index in [1.807, 2.05) is 42.5 Å². The second-order valence-corrected chi connectivity index (χ2v) is 8.09. The van der Waals surface area contributed by atoms with E-state index in [1.54, 1.807) is 11.6 Å². The Kier molecular flexibility index (Phi) is 5.58. The van der Waals surface area contributed by atoms with Gasteiger partial charge in [-0.25, -0.2) is 4.68 Å². The van der Waals surface area contributed by atoms with Crippen LogP contribution in [0.15, 0.2) is 54.6 Å². The Labute approximate surface area is 176 Å². The SMILES string of the molecule is Cc1nn(Cc2ccccc2)c(Cl)c1C(=O)Nc1ccc(N2CCC(C)C2)cc1. The molecular weight excluding hydrogens is 384 g/mol. The molecule has 2 aromatic carbocycles. The number of amides is 1. The third-order valence-corrected chi connectivity index (χ3v) is 5.77. The molecule has 1 atom stereocenters. The van der Waals surface area contributed by atoms with Crippen LogP contribution >= 0.6 is 11.6 Å². The van der Waals surface area contributed by atoms with Crippen molar-refractivity contribution in [1.82, 2.24) is 9.78 Å². The number of carbonyl (C=O) groups is 1. The second-order valence-electron chi connectivity index (χ2n) is 7.74. The molecule has 1 saturated heterocycles. The lowest BCUT2D eigenvalue weighted by Gasteiger charge is -2.18. The number of aromatic nitrogens is 2. The molecular formula is C23H25ClN4O. The van der Waals surface area contributed by atoms with Crippen LogP contribution in [0.2, 0.25) is 5.15 Å². The zero-order valence-electron chi connectivity index (χ0n) is 16.7. The molecule has 29 heavy (non-hydrogen) atoms. The molecule has 1 fully saturated rings. The summed E-state index contributed by atoms with van der Waals surface area (Å²) in [6.45, 7) is 6.78. The van der Waals surface area contributed by atoms with E-state index < -0.39 is 0 Å². The molecule has 150 valence electrons. The highest BCUT2D eigenvalue weighted by molar-refractivity contribution is 6.33. The van der Waals surface area contributed by atoms with Crippen LogP contribution in [0.4, 0.5) is 11.4 Å². The third-order valence-electron chi connectivity index (χ3n) is 5.38. The van der Waals surface area contributed by atoms with Crippen molar-refractivity contribution in [3.8, 4) is 0 Å². The summed E-state index contributed by atoms with van der Waals surface area (Å²) in [5.74, 6) is 0.487. The van der Waals surface area contributed by atoms with E-state index in [0.717, 1.165) is 30.3 Å². The van der Waals surface area contributed by atoms with Crippen molar-refractivity contribution in [1.29, 1.82) is 0 Å². The average molecular weight is 409 g/mol. The Morgan fingerprint density at radius 1 is 1.17 bits per heavy atom. The predicted molar refractivity (Wildman–Crippen MR) is 118 cm³/mol. The molecule has 6 heteroatoms.